The fourth-order valence-corrected chi connectivity index (χ4v) is 2.39. The minimum Gasteiger partial charge on any atom is -0.494 e. The minimum atomic E-state index is -0.808. The lowest BCUT2D eigenvalue weighted by atomic mass is 10.1. The van der Waals surface area contributed by atoms with Gasteiger partial charge in [-0.15, -0.1) is 11.8 Å². The average molecular weight is 261 g/mol. The third-order valence-corrected chi connectivity index (χ3v) is 3.14. The highest BCUT2D eigenvalue weighted by atomic mass is 35.5. The standard InChI is InChI=1S/C11H13ClO3S/c1-15-11-8(12)5-7(3-4-10(13)14)6-9(11)16-2/h5-6H,3-4H2,1-2H3,(H,13,14). The maximum absolute atomic E-state index is 10.5. The van der Waals surface area contributed by atoms with E-state index in [1.807, 2.05) is 12.3 Å². The fourth-order valence-electron chi connectivity index (χ4n) is 1.37. The number of carboxylic acids is 1. The smallest absolute Gasteiger partial charge is 0.303 e. The molecular formula is C11H13ClO3S. The topological polar surface area (TPSA) is 46.5 Å². The number of thioether (sulfide) groups is 1. The first-order chi connectivity index (χ1) is 7.58. The van der Waals surface area contributed by atoms with E-state index in [2.05, 4.69) is 0 Å². The summed E-state index contributed by atoms with van der Waals surface area (Å²) in [6, 6.07) is 3.67. The van der Waals surface area contributed by atoms with Crippen molar-refractivity contribution in [3.8, 4) is 5.75 Å². The van der Waals surface area contributed by atoms with Gasteiger partial charge in [-0.05, 0) is 30.4 Å². The fraction of sp³-hybridized carbons (Fsp3) is 0.364. The molecule has 0 radical (unpaired) electrons. The number of carbonyl (C=O) groups is 1. The highest BCUT2D eigenvalue weighted by Crippen LogP contribution is 2.36. The van der Waals surface area contributed by atoms with Crippen LogP contribution in [-0.4, -0.2) is 24.4 Å². The van der Waals surface area contributed by atoms with E-state index < -0.39 is 5.97 Å². The Balaban J connectivity index is 2.96. The van der Waals surface area contributed by atoms with Gasteiger partial charge in [0.2, 0.25) is 0 Å². The van der Waals surface area contributed by atoms with E-state index in [9.17, 15) is 4.79 Å². The van der Waals surface area contributed by atoms with Gasteiger partial charge in [0.05, 0.1) is 17.0 Å². The van der Waals surface area contributed by atoms with Gasteiger partial charge in [-0.3, -0.25) is 4.79 Å². The number of aryl methyl sites for hydroxylation is 1. The second-order valence-corrected chi connectivity index (χ2v) is 4.46. The molecule has 3 nitrogen and oxygen atoms in total. The Kier molecular flexibility index (Phi) is 4.96. The van der Waals surface area contributed by atoms with Crippen LogP contribution in [0.2, 0.25) is 5.02 Å². The van der Waals surface area contributed by atoms with Crippen molar-refractivity contribution >= 4 is 29.3 Å². The first kappa shape index (κ1) is 13.2. The molecule has 0 saturated heterocycles. The lowest BCUT2D eigenvalue weighted by molar-refractivity contribution is -0.136. The van der Waals surface area contributed by atoms with Gasteiger partial charge in [-0.25, -0.2) is 0 Å². The van der Waals surface area contributed by atoms with Crippen LogP contribution in [0, 0.1) is 0 Å². The molecule has 0 aliphatic heterocycles. The first-order valence-electron chi connectivity index (χ1n) is 4.70. The summed E-state index contributed by atoms with van der Waals surface area (Å²) in [5.41, 5.74) is 0.914. The maximum atomic E-state index is 10.5. The van der Waals surface area contributed by atoms with Crippen molar-refractivity contribution in [1.29, 1.82) is 0 Å². The third kappa shape index (κ3) is 3.32. The Morgan fingerprint density at radius 3 is 2.75 bits per heavy atom. The second kappa shape index (κ2) is 6.01. The van der Waals surface area contributed by atoms with Gasteiger partial charge in [0.25, 0.3) is 0 Å². The molecule has 5 heteroatoms. The van der Waals surface area contributed by atoms with Crippen molar-refractivity contribution in [3.05, 3.63) is 22.7 Å². The predicted octanol–water partition coefficient (Wildman–Crippen LogP) is 3.09. The van der Waals surface area contributed by atoms with Crippen LogP contribution in [0.4, 0.5) is 0 Å². The van der Waals surface area contributed by atoms with Gasteiger partial charge in [0, 0.05) is 6.42 Å². The van der Waals surface area contributed by atoms with Gasteiger partial charge in [-0.2, -0.15) is 0 Å². The van der Waals surface area contributed by atoms with Crippen LogP contribution in [0.25, 0.3) is 0 Å². The summed E-state index contributed by atoms with van der Waals surface area (Å²) >= 11 is 7.57. The van der Waals surface area contributed by atoms with Crippen molar-refractivity contribution in [2.24, 2.45) is 0 Å². The van der Waals surface area contributed by atoms with Gasteiger partial charge in [0.15, 0.2) is 5.75 Å². The molecule has 0 amide bonds. The number of hydrogen-bond acceptors (Lipinski definition) is 3. The van der Waals surface area contributed by atoms with Gasteiger partial charge < -0.3 is 9.84 Å². The molecule has 0 aromatic heterocycles. The summed E-state index contributed by atoms with van der Waals surface area (Å²) in [4.78, 5) is 11.4. The Bertz CT molecular complexity index is 393. The van der Waals surface area contributed by atoms with Gasteiger partial charge in [0.1, 0.15) is 0 Å². The molecule has 0 atom stereocenters. The molecule has 16 heavy (non-hydrogen) atoms. The van der Waals surface area contributed by atoms with Crippen LogP contribution in [0.1, 0.15) is 12.0 Å². The molecule has 0 fully saturated rings. The molecular weight excluding hydrogens is 248 g/mol. The molecule has 0 bridgehead atoms. The van der Waals surface area contributed by atoms with E-state index in [1.54, 1.807) is 13.2 Å². The first-order valence-corrected chi connectivity index (χ1v) is 6.31. The highest BCUT2D eigenvalue weighted by molar-refractivity contribution is 7.98. The van der Waals surface area contributed by atoms with Crippen molar-refractivity contribution in [3.63, 3.8) is 0 Å². The molecule has 0 saturated carbocycles. The van der Waals surface area contributed by atoms with Gasteiger partial charge in [-0.1, -0.05) is 11.6 Å². The molecule has 1 aromatic rings. The summed E-state index contributed by atoms with van der Waals surface area (Å²) in [6.45, 7) is 0. The minimum absolute atomic E-state index is 0.108. The number of benzene rings is 1. The highest BCUT2D eigenvalue weighted by Gasteiger charge is 2.10. The molecule has 0 aliphatic rings. The van der Waals surface area contributed by atoms with E-state index in [-0.39, 0.29) is 6.42 Å². The molecule has 1 rings (SSSR count). The Hall–Kier alpha value is -0.870. The average Bonchev–Trinajstić information content (AvgIpc) is 2.25. The zero-order valence-corrected chi connectivity index (χ0v) is 10.7. The number of rotatable bonds is 5. The molecule has 88 valence electrons. The Labute approximate surface area is 104 Å². The molecule has 1 aromatic carbocycles. The van der Waals surface area contributed by atoms with Crippen LogP contribution >= 0.6 is 23.4 Å². The number of carboxylic acid groups (broad SMARTS) is 1. The molecule has 0 unspecified atom stereocenters. The van der Waals surface area contributed by atoms with Crippen molar-refractivity contribution in [2.45, 2.75) is 17.7 Å². The number of aliphatic carboxylic acids is 1. The summed E-state index contributed by atoms with van der Waals surface area (Å²) in [7, 11) is 1.57. The van der Waals surface area contributed by atoms with E-state index in [0.717, 1.165) is 10.5 Å². The van der Waals surface area contributed by atoms with Crippen LogP contribution in [0.5, 0.6) is 5.75 Å². The van der Waals surface area contributed by atoms with Gasteiger partial charge >= 0.3 is 5.97 Å². The predicted molar refractivity (Wildman–Crippen MR) is 65.7 cm³/mol. The number of ether oxygens (including phenoxy) is 1. The number of hydrogen-bond donors (Lipinski definition) is 1. The summed E-state index contributed by atoms with van der Waals surface area (Å²) in [5.74, 6) is -0.161. The normalized spacial score (nSPS) is 10.2. The van der Waals surface area contributed by atoms with E-state index >= 15 is 0 Å². The monoisotopic (exact) mass is 260 g/mol. The summed E-state index contributed by atoms with van der Waals surface area (Å²) in [6.07, 6.45) is 2.51. The summed E-state index contributed by atoms with van der Waals surface area (Å²) in [5, 5.41) is 9.13. The van der Waals surface area contributed by atoms with E-state index in [0.29, 0.717) is 17.2 Å². The Morgan fingerprint density at radius 2 is 2.25 bits per heavy atom. The molecule has 0 heterocycles. The maximum Gasteiger partial charge on any atom is 0.303 e. The van der Waals surface area contributed by atoms with Crippen LogP contribution < -0.4 is 4.74 Å². The number of halogens is 1. The summed E-state index contributed by atoms with van der Waals surface area (Å²) < 4.78 is 5.18. The largest absolute Gasteiger partial charge is 0.494 e. The number of methoxy groups -OCH3 is 1. The molecule has 1 N–H and O–H groups in total. The quantitative estimate of drug-likeness (QED) is 0.827. The van der Waals surface area contributed by atoms with Crippen LogP contribution in [0.15, 0.2) is 17.0 Å². The van der Waals surface area contributed by atoms with E-state index in [4.69, 9.17) is 21.4 Å². The lowest BCUT2D eigenvalue weighted by Crippen LogP contribution is -1.98. The Morgan fingerprint density at radius 1 is 1.56 bits per heavy atom. The second-order valence-electron chi connectivity index (χ2n) is 3.21. The third-order valence-electron chi connectivity index (χ3n) is 2.12. The van der Waals surface area contributed by atoms with E-state index in [1.165, 1.54) is 11.8 Å². The zero-order chi connectivity index (χ0) is 12.1. The van der Waals surface area contributed by atoms with Crippen molar-refractivity contribution in [2.75, 3.05) is 13.4 Å². The molecule has 0 aliphatic carbocycles. The van der Waals surface area contributed by atoms with Crippen LogP contribution in [0.3, 0.4) is 0 Å². The van der Waals surface area contributed by atoms with Crippen molar-refractivity contribution in [1.82, 2.24) is 0 Å². The van der Waals surface area contributed by atoms with Crippen molar-refractivity contribution < 1.29 is 14.6 Å². The van der Waals surface area contributed by atoms with Crippen LogP contribution in [-0.2, 0) is 11.2 Å². The molecule has 0 spiro atoms. The lowest BCUT2D eigenvalue weighted by Gasteiger charge is -2.10. The SMILES string of the molecule is COc1c(Cl)cc(CCC(=O)O)cc1SC. The zero-order valence-electron chi connectivity index (χ0n) is 9.12.